The molecule has 0 aliphatic heterocycles. The summed E-state index contributed by atoms with van der Waals surface area (Å²) in [4.78, 5) is 26.5. The maximum absolute atomic E-state index is 13.0. The van der Waals surface area contributed by atoms with Crippen LogP contribution in [0.1, 0.15) is 31.9 Å². The number of hydrogen-bond acceptors (Lipinski definition) is 3. The Morgan fingerprint density at radius 2 is 1.53 bits per heavy atom. The van der Waals surface area contributed by atoms with Crippen molar-refractivity contribution >= 4 is 22.8 Å². The van der Waals surface area contributed by atoms with E-state index in [1.165, 1.54) is 4.90 Å². The van der Waals surface area contributed by atoms with Gasteiger partial charge >= 0.3 is 12.1 Å². The number of aliphatic carboxylic acids is 1. The number of rotatable bonds is 6. The van der Waals surface area contributed by atoms with Crippen molar-refractivity contribution < 1.29 is 19.4 Å². The standard InChI is InChI=1S/C25H27NO4/c1-25(2,3)30-24(29)26(17-18-9-5-4-6-10-18)22(23(27)28)16-19-13-14-20-11-7-8-12-21(20)15-19/h4-15,22H,16-17H2,1-3H3,(H,27,28). The Balaban J connectivity index is 1.92. The Hall–Kier alpha value is -3.34. The molecule has 5 nitrogen and oxygen atoms in total. The zero-order chi connectivity index (χ0) is 21.7. The van der Waals surface area contributed by atoms with Gasteiger partial charge in [-0.1, -0.05) is 72.8 Å². The lowest BCUT2D eigenvalue weighted by Gasteiger charge is -2.31. The summed E-state index contributed by atoms with van der Waals surface area (Å²) in [6.07, 6.45) is -0.453. The second-order valence-corrected chi connectivity index (χ2v) is 8.33. The minimum Gasteiger partial charge on any atom is -0.480 e. The van der Waals surface area contributed by atoms with E-state index in [4.69, 9.17) is 4.74 Å². The van der Waals surface area contributed by atoms with E-state index in [9.17, 15) is 14.7 Å². The summed E-state index contributed by atoms with van der Waals surface area (Å²) in [7, 11) is 0. The first kappa shape index (κ1) is 21.4. The summed E-state index contributed by atoms with van der Waals surface area (Å²) < 4.78 is 5.53. The van der Waals surface area contributed by atoms with Crippen molar-refractivity contribution in [1.82, 2.24) is 4.90 Å². The number of ether oxygens (including phenoxy) is 1. The first-order chi connectivity index (χ1) is 14.2. The highest BCUT2D eigenvalue weighted by molar-refractivity contribution is 5.84. The van der Waals surface area contributed by atoms with Crippen LogP contribution < -0.4 is 0 Å². The quantitative estimate of drug-likeness (QED) is 0.606. The number of carboxylic acids is 1. The maximum Gasteiger partial charge on any atom is 0.411 e. The number of carboxylic acid groups (broad SMARTS) is 1. The van der Waals surface area contributed by atoms with E-state index < -0.39 is 23.7 Å². The van der Waals surface area contributed by atoms with Gasteiger partial charge in [0.05, 0.1) is 0 Å². The van der Waals surface area contributed by atoms with Crippen LogP contribution in [0.25, 0.3) is 10.8 Å². The number of hydrogen-bond donors (Lipinski definition) is 1. The van der Waals surface area contributed by atoms with Gasteiger partial charge in [0.15, 0.2) is 0 Å². The monoisotopic (exact) mass is 405 g/mol. The smallest absolute Gasteiger partial charge is 0.411 e. The van der Waals surface area contributed by atoms with Crippen LogP contribution in [0.15, 0.2) is 72.8 Å². The SMILES string of the molecule is CC(C)(C)OC(=O)N(Cc1ccccc1)C(Cc1ccc2ccccc2c1)C(=O)O. The Kier molecular flexibility index (Phi) is 6.40. The topological polar surface area (TPSA) is 66.8 Å². The lowest BCUT2D eigenvalue weighted by atomic mass is 10.0. The molecule has 1 atom stereocenters. The molecule has 0 aromatic heterocycles. The van der Waals surface area contributed by atoms with Crippen LogP contribution >= 0.6 is 0 Å². The van der Waals surface area contributed by atoms with Crippen LogP contribution in [0.4, 0.5) is 4.79 Å². The molecule has 1 amide bonds. The molecule has 5 heteroatoms. The molecule has 156 valence electrons. The van der Waals surface area contributed by atoms with Gasteiger partial charge in [0.25, 0.3) is 0 Å². The average molecular weight is 405 g/mol. The Bertz CT molecular complexity index is 1020. The molecule has 3 aromatic rings. The van der Waals surface area contributed by atoms with Crippen molar-refractivity contribution in [3.05, 3.63) is 83.9 Å². The summed E-state index contributed by atoms with van der Waals surface area (Å²) >= 11 is 0. The molecule has 0 radical (unpaired) electrons. The molecular weight excluding hydrogens is 378 g/mol. The third-order valence-corrected chi connectivity index (χ3v) is 4.73. The van der Waals surface area contributed by atoms with Crippen LogP contribution in [0.2, 0.25) is 0 Å². The van der Waals surface area contributed by atoms with Gasteiger partial charge in [-0.15, -0.1) is 0 Å². The van der Waals surface area contributed by atoms with Crippen LogP contribution in [-0.2, 0) is 22.5 Å². The van der Waals surface area contributed by atoms with Crippen molar-refractivity contribution in [2.45, 2.75) is 45.4 Å². The van der Waals surface area contributed by atoms with Gasteiger partial charge in [0.1, 0.15) is 11.6 Å². The predicted molar refractivity (Wildman–Crippen MR) is 117 cm³/mol. The lowest BCUT2D eigenvalue weighted by molar-refractivity contribution is -0.143. The minimum absolute atomic E-state index is 0.153. The van der Waals surface area contributed by atoms with Gasteiger partial charge in [0, 0.05) is 13.0 Å². The zero-order valence-electron chi connectivity index (χ0n) is 17.5. The molecule has 3 rings (SSSR count). The Morgan fingerprint density at radius 1 is 0.900 bits per heavy atom. The third-order valence-electron chi connectivity index (χ3n) is 4.73. The van der Waals surface area contributed by atoms with E-state index in [-0.39, 0.29) is 13.0 Å². The fraction of sp³-hybridized carbons (Fsp3) is 0.280. The molecule has 0 bridgehead atoms. The van der Waals surface area contributed by atoms with E-state index >= 15 is 0 Å². The van der Waals surface area contributed by atoms with Crippen molar-refractivity contribution in [2.24, 2.45) is 0 Å². The second kappa shape index (κ2) is 8.99. The number of nitrogens with zero attached hydrogens (tertiary/aromatic N) is 1. The molecule has 0 aliphatic carbocycles. The molecule has 1 N–H and O–H groups in total. The fourth-order valence-corrected chi connectivity index (χ4v) is 3.32. The van der Waals surface area contributed by atoms with Crippen LogP contribution in [0.5, 0.6) is 0 Å². The van der Waals surface area contributed by atoms with Crippen molar-refractivity contribution in [3.63, 3.8) is 0 Å². The molecule has 30 heavy (non-hydrogen) atoms. The molecule has 0 saturated heterocycles. The second-order valence-electron chi connectivity index (χ2n) is 8.33. The van der Waals surface area contributed by atoms with E-state index in [0.29, 0.717) is 0 Å². The first-order valence-corrected chi connectivity index (χ1v) is 9.97. The molecule has 0 aliphatic rings. The van der Waals surface area contributed by atoms with Gasteiger partial charge in [0.2, 0.25) is 0 Å². The lowest BCUT2D eigenvalue weighted by Crippen LogP contribution is -2.47. The van der Waals surface area contributed by atoms with Crippen molar-refractivity contribution in [1.29, 1.82) is 0 Å². The molecule has 0 fully saturated rings. The fourth-order valence-electron chi connectivity index (χ4n) is 3.32. The highest BCUT2D eigenvalue weighted by atomic mass is 16.6. The van der Waals surface area contributed by atoms with E-state index in [1.54, 1.807) is 20.8 Å². The van der Waals surface area contributed by atoms with Crippen LogP contribution in [-0.4, -0.2) is 33.7 Å². The highest BCUT2D eigenvalue weighted by Crippen LogP contribution is 2.21. The largest absolute Gasteiger partial charge is 0.480 e. The van der Waals surface area contributed by atoms with Crippen molar-refractivity contribution in [2.75, 3.05) is 0 Å². The van der Waals surface area contributed by atoms with E-state index in [1.807, 2.05) is 72.8 Å². The van der Waals surface area contributed by atoms with Gasteiger partial charge in [-0.3, -0.25) is 4.90 Å². The number of carbonyl (C=O) groups is 2. The molecular formula is C25H27NO4. The van der Waals surface area contributed by atoms with E-state index in [2.05, 4.69) is 0 Å². The Labute approximate surface area is 176 Å². The molecule has 1 unspecified atom stereocenters. The third kappa shape index (κ3) is 5.60. The summed E-state index contributed by atoms with van der Waals surface area (Å²) in [5, 5.41) is 12.1. The number of benzene rings is 3. The summed E-state index contributed by atoms with van der Waals surface area (Å²) in [6, 6.07) is 22.1. The normalized spacial score (nSPS) is 12.4. The number of fused-ring (bicyclic) bond motifs is 1. The Morgan fingerprint density at radius 3 is 2.17 bits per heavy atom. The van der Waals surface area contributed by atoms with Crippen molar-refractivity contribution in [3.8, 4) is 0 Å². The summed E-state index contributed by atoms with van der Waals surface area (Å²) in [5.41, 5.74) is 0.966. The maximum atomic E-state index is 13.0. The van der Waals surface area contributed by atoms with Crippen LogP contribution in [0.3, 0.4) is 0 Å². The number of amides is 1. The van der Waals surface area contributed by atoms with Gasteiger partial charge in [-0.2, -0.15) is 0 Å². The van der Waals surface area contributed by atoms with Gasteiger partial charge in [-0.25, -0.2) is 9.59 Å². The summed E-state index contributed by atoms with van der Waals surface area (Å²) in [6.45, 7) is 5.46. The van der Waals surface area contributed by atoms with Gasteiger partial charge < -0.3 is 9.84 Å². The number of carbonyl (C=O) groups excluding carboxylic acids is 1. The van der Waals surface area contributed by atoms with Crippen LogP contribution in [0, 0.1) is 0 Å². The molecule has 0 saturated carbocycles. The van der Waals surface area contributed by atoms with Gasteiger partial charge in [-0.05, 0) is 42.7 Å². The molecule has 0 spiro atoms. The first-order valence-electron chi connectivity index (χ1n) is 9.97. The molecule has 3 aromatic carbocycles. The minimum atomic E-state index is -1.06. The summed E-state index contributed by atoms with van der Waals surface area (Å²) in [5.74, 6) is -1.06. The average Bonchev–Trinajstić information content (AvgIpc) is 2.69. The zero-order valence-corrected chi connectivity index (χ0v) is 17.5. The van der Waals surface area contributed by atoms with E-state index in [0.717, 1.165) is 21.9 Å². The predicted octanol–water partition coefficient (Wildman–Crippen LogP) is 5.27. The molecule has 0 heterocycles. The highest BCUT2D eigenvalue weighted by Gasteiger charge is 2.33.